The number of carbonyl (C=O) groups is 1. The molecule has 0 saturated carbocycles. The standard InChI is InChI=1S/C17H21N3O/c1-17(2)8-9-20(11-17)16(21)14-10-19-15(18-3)13-7-5-4-6-12(13)14/h4-7,10H,8-9,11H2,1-3H3,(H,18,19). The maximum absolute atomic E-state index is 12.8. The molecule has 4 heteroatoms. The number of nitrogens with zero attached hydrogens (tertiary/aromatic N) is 2. The molecule has 2 heterocycles. The summed E-state index contributed by atoms with van der Waals surface area (Å²) in [5.74, 6) is 0.899. The number of amides is 1. The third-order valence-corrected chi connectivity index (χ3v) is 4.23. The van der Waals surface area contributed by atoms with Crippen LogP contribution in [0, 0.1) is 5.41 Å². The van der Waals surface area contributed by atoms with Crippen molar-refractivity contribution in [3.8, 4) is 0 Å². The highest BCUT2D eigenvalue weighted by molar-refractivity contribution is 6.09. The van der Waals surface area contributed by atoms with Gasteiger partial charge in [-0.3, -0.25) is 4.79 Å². The number of aromatic nitrogens is 1. The van der Waals surface area contributed by atoms with Crippen molar-refractivity contribution in [1.82, 2.24) is 9.88 Å². The highest BCUT2D eigenvalue weighted by Crippen LogP contribution is 2.31. The lowest BCUT2D eigenvalue weighted by Gasteiger charge is -2.20. The Morgan fingerprint density at radius 2 is 2.00 bits per heavy atom. The van der Waals surface area contributed by atoms with E-state index in [-0.39, 0.29) is 11.3 Å². The van der Waals surface area contributed by atoms with E-state index in [1.54, 1.807) is 6.20 Å². The van der Waals surface area contributed by atoms with Crippen LogP contribution >= 0.6 is 0 Å². The van der Waals surface area contributed by atoms with Gasteiger partial charge in [-0.1, -0.05) is 38.1 Å². The Balaban J connectivity index is 2.03. The van der Waals surface area contributed by atoms with Gasteiger partial charge in [0.1, 0.15) is 5.82 Å². The van der Waals surface area contributed by atoms with Gasteiger partial charge in [-0.15, -0.1) is 0 Å². The Bertz CT molecular complexity index is 693. The van der Waals surface area contributed by atoms with Gasteiger partial charge in [-0.2, -0.15) is 0 Å². The van der Waals surface area contributed by atoms with Gasteiger partial charge in [0.2, 0.25) is 0 Å². The predicted octanol–water partition coefficient (Wildman–Crippen LogP) is 3.15. The Hall–Kier alpha value is -2.10. The molecular formula is C17H21N3O. The first-order valence-electron chi connectivity index (χ1n) is 7.37. The van der Waals surface area contributed by atoms with E-state index >= 15 is 0 Å². The average molecular weight is 283 g/mol. The maximum Gasteiger partial charge on any atom is 0.256 e. The van der Waals surface area contributed by atoms with Crippen molar-refractivity contribution in [1.29, 1.82) is 0 Å². The maximum atomic E-state index is 12.8. The van der Waals surface area contributed by atoms with Crippen molar-refractivity contribution in [3.63, 3.8) is 0 Å². The molecule has 0 spiro atoms. The van der Waals surface area contributed by atoms with Crippen molar-refractivity contribution in [2.45, 2.75) is 20.3 Å². The molecule has 0 aliphatic carbocycles. The fourth-order valence-corrected chi connectivity index (χ4v) is 3.02. The molecule has 2 aromatic rings. The second-order valence-electron chi connectivity index (χ2n) is 6.46. The molecule has 1 N–H and O–H groups in total. The van der Waals surface area contributed by atoms with Crippen LogP contribution in [0.4, 0.5) is 5.82 Å². The molecule has 4 nitrogen and oxygen atoms in total. The normalized spacial score (nSPS) is 17.2. The van der Waals surface area contributed by atoms with E-state index in [4.69, 9.17) is 0 Å². The van der Waals surface area contributed by atoms with E-state index in [9.17, 15) is 4.79 Å². The quantitative estimate of drug-likeness (QED) is 0.921. The number of anilines is 1. The van der Waals surface area contributed by atoms with Gasteiger partial charge in [0.25, 0.3) is 5.91 Å². The summed E-state index contributed by atoms with van der Waals surface area (Å²) in [6, 6.07) is 7.93. The van der Waals surface area contributed by atoms with Crippen LogP contribution in [0.25, 0.3) is 10.8 Å². The van der Waals surface area contributed by atoms with Crippen LogP contribution in [0.5, 0.6) is 0 Å². The van der Waals surface area contributed by atoms with E-state index in [0.717, 1.165) is 36.1 Å². The molecule has 1 aliphatic heterocycles. The number of nitrogens with one attached hydrogen (secondary N) is 1. The van der Waals surface area contributed by atoms with E-state index in [0.29, 0.717) is 5.56 Å². The molecule has 1 aromatic carbocycles. The summed E-state index contributed by atoms with van der Waals surface area (Å²) < 4.78 is 0. The van der Waals surface area contributed by atoms with Gasteiger partial charge in [0.05, 0.1) is 5.56 Å². The van der Waals surface area contributed by atoms with E-state index in [2.05, 4.69) is 24.1 Å². The van der Waals surface area contributed by atoms with Gasteiger partial charge < -0.3 is 10.2 Å². The molecule has 0 radical (unpaired) electrons. The van der Waals surface area contributed by atoms with Gasteiger partial charge in [-0.25, -0.2) is 4.98 Å². The molecule has 3 rings (SSSR count). The van der Waals surface area contributed by atoms with Crippen LogP contribution in [0.1, 0.15) is 30.6 Å². The third kappa shape index (κ3) is 2.46. The topological polar surface area (TPSA) is 45.2 Å². The van der Waals surface area contributed by atoms with E-state index < -0.39 is 0 Å². The average Bonchev–Trinajstić information content (AvgIpc) is 2.85. The van der Waals surface area contributed by atoms with Gasteiger partial charge in [-0.05, 0) is 17.2 Å². The Labute approximate surface area is 125 Å². The van der Waals surface area contributed by atoms with Crippen LogP contribution in [-0.2, 0) is 0 Å². The van der Waals surface area contributed by atoms with Crippen molar-refractivity contribution in [3.05, 3.63) is 36.0 Å². The summed E-state index contributed by atoms with van der Waals surface area (Å²) in [7, 11) is 1.85. The fourth-order valence-electron chi connectivity index (χ4n) is 3.02. The Morgan fingerprint density at radius 3 is 2.62 bits per heavy atom. The van der Waals surface area contributed by atoms with Crippen molar-refractivity contribution in [2.24, 2.45) is 5.41 Å². The van der Waals surface area contributed by atoms with Gasteiger partial charge in [0.15, 0.2) is 0 Å². The van der Waals surface area contributed by atoms with E-state index in [1.165, 1.54) is 0 Å². The fraction of sp³-hybridized carbons (Fsp3) is 0.412. The number of likely N-dealkylation sites (tertiary alicyclic amines) is 1. The first kappa shape index (κ1) is 13.9. The molecule has 110 valence electrons. The summed E-state index contributed by atoms with van der Waals surface area (Å²) in [6.45, 7) is 6.06. The first-order chi connectivity index (χ1) is 10.0. The minimum atomic E-state index is 0.0897. The van der Waals surface area contributed by atoms with E-state index in [1.807, 2.05) is 36.2 Å². The van der Waals surface area contributed by atoms with Crippen LogP contribution in [0.15, 0.2) is 30.5 Å². The molecule has 1 amide bonds. The van der Waals surface area contributed by atoms with Gasteiger partial charge in [0, 0.05) is 31.7 Å². The van der Waals surface area contributed by atoms with Crippen LogP contribution < -0.4 is 5.32 Å². The zero-order valence-corrected chi connectivity index (χ0v) is 12.8. The highest BCUT2D eigenvalue weighted by atomic mass is 16.2. The summed E-state index contributed by atoms with van der Waals surface area (Å²) >= 11 is 0. The summed E-state index contributed by atoms with van der Waals surface area (Å²) in [5.41, 5.74) is 0.909. The lowest BCUT2D eigenvalue weighted by atomic mass is 9.93. The lowest BCUT2D eigenvalue weighted by molar-refractivity contribution is 0.0780. The predicted molar refractivity (Wildman–Crippen MR) is 85.6 cm³/mol. The largest absolute Gasteiger partial charge is 0.373 e. The molecule has 1 aliphatic rings. The monoisotopic (exact) mass is 283 g/mol. The van der Waals surface area contributed by atoms with Crippen molar-refractivity contribution < 1.29 is 4.79 Å². The number of carbonyl (C=O) groups excluding carboxylic acids is 1. The molecule has 0 bridgehead atoms. The minimum absolute atomic E-state index is 0.0897. The zero-order chi connectivity index (χ0) is 15.0. The number of fused-ring (bicyclic) bond motifs is 1. The molecule has 21 heavy (non-hydrogen) atoms. The van der Waals surface area contributed by atoms with Gasteiger partial charge >= 0.3 is 0 Å². The summed E-state index contributed by atoms with van der Waals surface area (Å²) in [4.78, 5) is 19.2. The second-order valence-corrected chi connectivity index (χ2v) is 6.46. The number of rotatable bonds is 2. The number of hydrogen-bond donors (Lipinski definition) is 1. The number of pyridine rings is 1. The minimum Gasteiger partial charge on any atom is -0.373 e. The van der Waals surface area contributed by atoms with Crippen molar-refractivity contribution >= 4 is 22.5 Å². The lowest BCUT2D eigenvalue weighted by Crippen LogP contribution is -2.30. The Morgan fingerprint density at radius 1 is 1.29 bits per heavy atom. The number of benzene rings is 1. The first-order valence-corrected chi connectivity index (χ1v) is 7.37. The highest BCUT2D eigenvalue weighted by Gasteiger charge is 2.33. The van der Waals surface area contributed by atoms with Crippen LogP contribution in [-0.4, -0.2) is 35.9 Å². The molecule has 1 saturated heterocycles. The molecule has 0 atom stereocenters. The summed E-state index contributed by atoms with van der Waals surface area (Å²) in [6.07, 6.45) is 2.75. The van der Waals surface area contributed by atoms with Crippen LogP contribution in [0.2, 0.25) is 0 Å². The smallest absolute Gasteiger partial charge is 0.256 e. The zero-order valence-electron chi connectivity index (χ0n) is 12.8. The number of hydrogen-bond acceptors (Lipinski definition) is 3. The van der Waals surface area contributed by atoms with Crippen LogP contribution in [0.3, 0.4) is 0 Å². The van der Waals surface area contributed by atoms with Crippen molar-refractivity contribution in [2.75, 3.05) is 25.5 Å². The SMILES string of the molecule is CNc1ncc(C(=O)N2CCC(C)(C)C2)c2ccccc12. The Kier molecular flexibility index (Phi) is 3.32. The molecule has 1 aromatic heterocycles. The summed E-state index contributed by atoms with van der Waals surface area (Å²) in [5, 5.41) is 5.04. The third-order valence-electron chi connectivity index (χ3n) is 4.23. The molecule has 0 unspecified atom stereocenters. The molecule has 1 fully saturated rings. The molecular weight excluding hydrogens is 262 g/mol. The second kappa shape index (κ2) is 5.02.